The molecular weight excluding hydrogens is 602 g/mol. The van der Waals surface area contributed by atoms with Crippen LogP contribution in [0.15, 0.2) is 88.7 Å². The highest BCUT2D eigenvalue weighted by molar-refractivity contribution is 7.99. The number of para-hydroxylation sites is 1. The fourth-order valence-electron chi connectivity index (χ4n) is 5.11. The van der Waals surface area contributed by atoms with E-state index >= 15 is 0 Å². The number of carbonyl (C=O) groups is 1. The average Bonchev–Trinajstić information content (AvgIpc) is 3.30. The first-order valence-corrected chi connectivity index (χ1v) is 15.4. The zero-order valence-corrected chi connectivity index (χ0v) is 27.0. The Balaban J connectivity index is 1.45. The summed E-state index contributed by atoms with van der Waals surface area (Å²) in [5, 5.41) is 13.6. The number of aromatic nitrogens is 3. The number of nitriles is 1. The topological polar surface area (TPSA) is 120 Å². The number of ether oxygens (including phenoxy) is 3. The first-order valence-electron chi connectivity index (χ1n) is 14.4. The number of hydrogen-bond acceptors (Lipinski definition) is 8. The number of pyridine rings is 1. The highest BCUT2D eigenvalue weighted by atomic mass is 32.2. The third kappa shape index (κ3) is 6.34. The maximum absolute atomic E-state index is 13.3. The van der Waals surface area contributed by atoms with E-state index in [0.29, 0.717) is 61.8 Å². The van der Waals surface area contributed by atoms with Gasteiger partial charge in [-0.2, -0.15) is 5.26 Å². The average molecular weight is 636 g/mol. The lowest BCUT2D eigenvalue weighted by Gasteiger charge is -2.16. The molecule has 11 heteroatoms. The molecule has 0 radical (unpaired) electrons. The van der Waals surface area contributed by atoms with E-state index in [1.807, 2.05) is 66.7 Å². The van der Waals surface area contributed by atoms with Gasteiger partial charge in [0.05, 0.1) is 44.0 Å². The molecule has 0 aliphatic rings. The molecule has 46 heavy (non-hydrogen) atoms. The standard InChI is InChI=1S/C35H33N5O5S/c1-22-32(35(42)40(39(22)2)25-14-10-7-11-15-25)38-31(41)16-17-46-34-27(21-36)26(20-28(37-34)23-12-8-6-9-13-23)24-18-29(43-3)33(45-5)30(19-24)44-4/h6-15,18-20H,16-17H2,1-5H3,(H,38,41). The molecule has 2 heterocycles. The number of nitrogens with one attached hydrogen (secondary N) is 1. The molecule has 5 aromatic rings. The highest BCUT2D eigenvalue weighted by Crippen LogP contribution is 2.43. The minimum Gasteiger partial charge on any atom is -0.493 e. The summed E-state index contributed by atoms with van der Waals surface area (Å²) in [5.41, 5.74) is 4.44. The minimum absolute atomic E-state index is 0.0887. The van der Waals surface area contributed by atoms with E-state index in [2.05, 4.69) is 11.4 Å². The van der Waals surface area contributed by atoms with E-state index in [1.54, 1.807) is 30.8 Å². The normalized spacial score (nSPS) is 10.7. The van der Waals surface area contributed by atoms with Crippen molar-refractivity contribution in [3.63, 3.8) is 0 Å². The van der Waals surface area contributed by atoms with Crippen LogP contribution in [0.2, 0.25) is 0 Å². The molecule has 1 N–H and O–H groups in total. The number of methoxy groups -OCH3 is 3. The van der Waals surface area contributed by atoms with E-state index in [9.17, 15) is 14.9 Å². The third-order valence-corrected chi connectivity index (χ3v) is 8.51. The SMILES string of the molecule is COc1cc(-c2cc(-c3ccccc3)nc(SCCC(=O)Nc3c(C)n(C)n(-c4ccccc4)c3=O)c2C#N)cc(OC)c1OC. The molecule has 10 nitrogen and oxygen atoms in total. The van der Waals surface area contributed by atoms with Crippen LogP contribution in [0.4, 0.5) is 5.69 Å². The van der Waals surface area contributed by atoms with E-state index < -0.39 is 0 Å². The van der Waals surface area contributed by atoms with Crippen LogP contribution in [-0.2, 0) is 11.8 Å². The second kappa shape index (κ2) is 14.1. The van der Waals surface area contributed by atoms with E-state index in [1.165, 1.54) is 37.8 Å². The number of amides is 1. The minimum atomic E-state index is -0.318. The third-order valence-electron chi connectivity index (χ3n) is 7.53. The van der Waals surface area contributed by atoms with E-state index in [4.69, 9.17) is 19.2 Å². The summed E-state index contributed by atoms with van der Waals surface area (Å²) in [7, 11) is 6.38. The summed E-state index contributed by atoms with van der Waals surface area (Å²) in [5.74, 6) is 1.34. The second-order valence-electron chi connectivity index (χ2n) is 10.2. The molecule has 3 aromatic carbocycles. The van der Waals surface area contributed by atoms with Gasteiger partial charge in [0.25, 0.3) is 5.56 Å². The Hall–Kier alpha value is -5.47. The van der Waals surface area contributed by atoms with E-state index in [0.717, 1.165) is 5.56 Å². The molecule has 5 rings (SSSR count). The highest BCUT2D eigenvalue weighted by Gasteiger charge is 2.21. The van der Waals surface area contributed by atoms with Gasteiger partial charge in [-0.25, -0.2) is 9.67 Å². The van der Waals surface area contributed by atoms with Gasteiger partial charge >= 0.3 is 0 Å². The molecule has 0 aliphatic heterocycles. The number of anilines is 1. The molecule has 2 aromatic heterocycles. The van der Waals surface area contributed by atoms with Crippen LogP contribution in [-0.4, -0.2) is 47.3 Å². The molecule has 0 fully saturated rings. The number of hydrogen-bond donors (Lipinski definition) is 1. The van der Waals surface area contributed by atoms with Gasteiger partial charge in [0, 0.05) is 30.3 Å². The predicted octanol–water partition coefficient (Wildman–Crippen LogP) is 6.23. The van der Waals surface area contributed by atoms with Crippen LogP contribution in [0.1, 0.15) is 17.7 Å². The van der Waals surface area contributed by atoms with Crippen LogP contribution in [0, 0.1) is 18.3 Å². The predicted molar refractivity (Wildman–Crippen MR) is 179 cm³/mol. The quantitative estimate of drug-likeness (QED) is 0.170. The monoisotopic (exact) mass is 635 g/mol. The summed E-state index contributed by atoms with van der Waals surface area (Å²) < 4.78 is 19.9. The molecule has 234 valence electrons. The fourth-order valence-corrected chi connectivity index (χ4v) is 6.05. The van der Waals surface area contributed by atoms with Crippen LogP contribution in [0.3, 0.4) is 0 Å². The molecular formula is C35H33N5O5S. The summed E-state index contributed by atoms with van der Waals surface area (Å²) in [6, 6.07) is 26.7. The summed E-state index contributed by atoms with van der Waals surface area (Å²) in [6.07, 6.45) is 0.0887. The fraction of sp³-hybridized carbons (Fsp3) is 0.200. The number of rotatable bonds is 11. The molecule has 1 amide bonds. The van der Waals surface area contributed by atoms with Gasteiger partial charge in [0.1, 0.15) is 16.8 Å². The van der Waals surface area contributed by atoms with E-state index in [-0.39, 0.29) is 23.6 Å². The van der Waals surface area contributed by atoms with Crippen molar-refractivity contribution < 1.29 is 19.0 Å². The number of benzene rings is 3. The Labute approximate surface area is 271 Å². The molecule has 0 spiro atoms. The van der Waals surface area contributed by atoms with Crippen molar-refractivity contribution >= 4 is 23.4 Å². The Kier molecular flexibility index (Phi) is 9.79. The lowest BCUT2D eigenvalue weighted by atomic mass is 9.98. The molecule has 0 unspecified atom stereocenters. The molecule has 0 aliphatic carbocycles. The molecule has 0 saturated carbocycles. The van der Waals surface area contributed by atoms with Crippen molar-refractivity contribution in [1.29, 1.82) is 5.26 Å². The first-order chi connectivity index (χ1) is 22.3. The smallest absolute Gasteiger partial charge is 0.295 e. The second-order valence-corrected chi connectivity index (χ2v) is 11.3. The van der Waals surface area contributed by atoms with Gasteiger partial charge < -0.3 is 19.5 Å². The van der Waals surface area contributed by atoms with Gasteiger partial charge in [-0.1, -0.05) is 48.5 Å². The maximum Gasteiger partial charge on any atom is 0.295 e. The van der Waals surface area contributed by atoms with Gasteiger partial charge in [0.2, 0.25) is 11.7 Å². The van der Waals surface area contributed by atoms with Crippen LogP contribution >= 0.6 is 11.8 Å². The van der Waals surface area contributed by atoms with Gasteiger partial charge in [-0.3, -0.25) is 14.3 Å². The largest absolute Gasteiger partial charge is 0.493 e. The molecule has 0 bridgehead atoms. The van der Waals surface area contributed by atoms with Crippen LogP contribution < -0.4 is 25.1 Å². The lowest BCUT2D eigenvalue weighted by molar-refractivity contribution is -0.115. The summed E-state index contributed by atoms with van der Waals surface area (Å²) >= 11 is 1.30. The molecule has 0 atom stereocenters. The Morgan fingerprint density at radius 2 is 1.57 bits per heavy atom. The lowest BCUT2D eigenvalue weighted by Crippen LogP contribution is -2.23. The number of carbonyl (C=O) groups excluding carboxylic acids is 1. The Morgan fingerprint density at radius 1 is 0.935 bits per heavy atom. The van der Waals surface area contributed by atoms with Crippen molar-refractivity contribution in [2.45, 2.75) is 18.4 Å². The van der Waals surface area contributed by atoms with Crippen molar-refractivity contribution in [1.82, 2.24) is 14.3 Å². The summed E-state index contributed by atoms with van der Waals surface area (Å²) in [4.78, 5) is 31.2. The number of nitrogens with zero attached hydrogens (tertiary/aromatic N) is 4. The van der Waals surface area contributed by atoms with Crippen LogP contribution in [0.5, 0.6) is 17.2 Å². The van der Waals surface area contributed by atoms with Crippen molar-refractivity contribution in [2.24, 2.45) is 7.05 Å². The van der Waals surface area contributed by atoms with Gasteiger partial charge in [0.15, 0.2) is 11.5 Å². The van der Waals surface area contributed by atoms with Crippen molar-refractivity contribution in [3.05, 3.63) is 100 Å². The maximum atomic E-state index is 13.3. The van der Waals surface area contributed by atoms with Crippen molar-refractivity contribution in [2.75, 3.05) is 32.4 Å². The van der Waals surface area contributed by atoms with Crippen molar-refractivity contribution in [3.8, 4) is 51.4 Å². The number of thioether (sulfide) groups is 1. The Morgan fingerprint density at radius 3 is 2.15 bits per heavy atom. The zero-order chi connectivity index (χ0) is 32.8. The van der Waals surface area contributed by atoms with Gasteiger partial charge in [-0.15, -0.1) is 11.8 Å². The zero-order valence-electron chi connectivity index (χ0n) is 26.2. The van der Waals surface area contributed by atoms with Gasteiger partial charge in [-0.05, 0) is 42.8 Å². The molecule has 0 saturated heterocycles. The summed E-state index contributed by atoms with van der Waals surface area (Å²) in [6.45, 7) is 1.79. The van der Waals surface area contributed by atoms with Crippen LogP contribution in [0.25, 0.3) is 28.1 Å². The first kappa shape index (κ1) is 31.9. The Bertz CT molecular complexity index is 1960.